The van der Waals surface area contributed by atoms with Gasteiger partial charge in [0.25, 0.3) is 0 Å². The van der Waals surface area contributed by atoms with Crippen molar-refractivity contribution in [2.45, 2.75) is 26.3 Å². The molecular weight excluding hydrogens is 360 g/mol. The lowest BCUT2D eigenvalue weighted by Crippen LogP contribution is -2.47. The first-order chi connectivity index (χ1) is 11.7. The SMILES string of the molecule is CCC(C(=O)Nc1ccccc1C)N(c1cccc(Cl)c1)S(C)(=O)=O. The van der Waals surface area contributed by atoms with E-state index < -0.39 is 16.1 Å². The first kappa shape index (κ1) is 19.3. The summed E-state index contributed by atoms with van der Waals surface area (Å²) >= 11 is 5.99. The molecule has 2 aromatic rings. The number of hydrogen-bond donors (Lipinski definition) is 1. The van der Waals surface area contributed by atoms with Gasteiger partial charge in [0.05, 0.1) is 11.9 Å². The van der Waals surface area contributed by atoms with Gasteiger partial charge in [-0.2, -0.15) is 0 Å². The van der Waals surface area contributed by atoms with Gasteiger partial charge in [-0.05, 0) is 43.2 Å². The van der Waals surface area contributed by atoms with E-state index in [1.165, 1.54) is 6.07 Å². The summed E-state index contributed by atoms with van der Waals surface area (Å²) in [4.78, 5) is 12.8. The molecule has 0 aliphatic heterocycles. The van der Waals surface area contributed by atoms with Crippen molar-refractivity contribution in [1.29, 1.82) is 0 Å². The Morgan fingerprint density at radius 1 is 1.20 bits per heavy atom. The molecule has 0 heterocycles. The summed E-state index contributed by atoms with van der Waals surface area (Å²) in [7, 11) is -3.68. The number of rotatable bonds is 6. The van der Waals surface area contributed by atoms with Crippen molar-refractivity contribution in [2.75, 3.05) is 15.9 Å². The maximum absolute atomic E-state index is 12.8. The lowest BCUT2D eigenvalue weighted by atomic mass is 10.1. The summed E-state index contributed by atoms with van der Waals surface area (Å²) in [5, 5.41) is 3.22. The van der Waals surface area contributed by atoms with E-state index >= 15 is 0 Å². The number of amides is 1. The Balaban J connectivity index is 2.40. The number of hydrogen-bond acceptors (Lipinski definition) is 3. The van der Waals surface area contributed by atoms with Gasteiger partial charge in [0, 0.05) is 10.7 Å². The molecule has 25 heavy (non-hydrogen) atoms. The molecule has 2 aromatic carbocycles. The fourth-order valence-electron chi connectivity index (χ4n) is 2.60. The molecule has 2 rings (SSSR count). The van der Waals surface area contributed by atoms with Crippen molar-refractivity contribution in [3.05, 3.63) is 59.1 Å². The van der Waals surface area contributed by atoms with Crippen LogP contribution in [0, 0.1) is 6.92 Å². The van der Waals surface area contributed by atoms with Crippen LogP contribution < -0.4 is 9.62 Å². The summed E-state index contributed by atoms with van der Waals surface area (Å²) in [5.41, 5.74) is 1.92. The summed E-state index contributed by atoms with van der Waals surface area (Å²) in [5.74, 6) is -0.387. The number of halogens is 1. The maximum atomic E-state index is 12.8. The molecule has 0 radical (unpaired) electrons. The highest BCUT2D eigenvalue weighted by Crippen LogP contribution is 2.26. The maximum Gasteiger partial charge on any atom is 0.248 e. The third kappa shape index (κ3) is 4.74. The molecular formula is C18H21ClN2O3S. The zero-order chi connectivity index (χ0) is 18.6. The van der Waals surface area contributed by atoms with Crippen LogP contribution in [0.3, 0.4) is 0 Å². The number of nitrogens with one attached hydrogen (secondary N) is 1. The van der Waals surface area contributed by atoms with E-state index in [0.717, 1.165) is 16.1 Å². The van der Waals surface area contributed by atoms with Gasteiger partial charge < -0.3 is 5.32 Å². The third-order valence-corrected chi connectivity index (χ3v) is 5.21. The van der Waals surface area contributed by atoms with E-state index in [-0.39, 0.29) is 5.91 Å². The van der Waals surface area contributed by atoms with Crippen molar-refractivity contribution in [2.24, 2.45) is 0 Å². The molecule has 0 spiro atoms. The van der Waals surface area contributed by atoms with E-state index in [4.69, 9.17) is 11.6 Å². The number of aryl methyl sites for hydroxylation is 1. The van der Waals surface area contributed by atoms with Crippen LogP contribution in [0.1, 0.15) is 18.9 Å². The molecule has 7 heteroatoms. The summed E-state index contributed by atoms with van der Waals surface area (Å²) in [6.07, 6.45) is 1.40. The largest absolute Gasteiger partial charge is 0.324 e. The molecule has 0 aliphatic rings. The van der Waals surface area contributed by atoms with Crippen LogP contribution in [-0.4, -0.2) is 26.6 Å². The first-order valence-corrected chi connectivity index (χ1v) is 10.1. The van der Waals surface area contributed by atoms with Crippen molar-refractivity contribution in [3.63, 3.8) is 0 Å². The van der Waals surface area contributed by atoms with E-state index in [0.29, 0.717) is 22.8 Å². The third-order valence-electron chi connectivity index (χ3n) is 3.80. The molecule has 0 saturated heterocycles. The van der Waals surface area contributed by atoms with E-state index in [2.05, 4.69) is 5.32 Å². The van der Waals surface area contributed by atoms with E-state index in [1.54, 1.807) is 31.2 Å². The Kier molecular flexibility index (Phi) is 6.08. The van der Waals surface area contributed by atoms with Crippen LogP contribution >= 0.6 is 11.6 Å². The van der Waals surface area contributed by atoms with Crippen LogP contribution in [0.25, 0.3) is 0 Å². The monoisotopic (exact) mass is 380 g/mol. The molecule has 1 atom stereocenters. The zero-order valence-electron chi connectivity index (χ0n) is 14.4. The van der Waals surface area contributed by atoms with Crippen molar-refractivity contribution >= 4 is 38.9 Å². The fraction of sp³-hybridized carbons (Fsp3) is 0.278. The molecule has 0 saturated carbocycles. The molecule has 1 amide bonds. The normalized spacial score (nSPS) is 12.5. The van der Waals surface area contributed by atoms with Gasteiger partial charge in [-0.15, -0.1) is 0 Å². The average molecular weight is 381 g/mol. The summed E-state index contributed by atoms with van der Waals surface area (Å²) < 4.78 is 25.9. The van der Waals surface area contributed by atoms with Crippen LogP contribution in [0.5, 0.6) is 0 Å². The number of carbonyl (C=O) groups excluding carboxylic acids is 1. The fourth-order valence-corrected chi connectivity index (χ4v) is 3.99. The Morgan fingerprint density at radius 2 is 1.88 bits per heavy atom. The number of carbonyl (C=O) groups is 1. The molecule has 0 aliphatic carbocycles. The Labute approximate surface area is 153 Å². The van der Waals surface area contributed by atoms with Gasteiger partial charge in [-0.3, -0.25) is 9.10 Å². The second-order valence-corrected chi connectivity index (χ2v) is 8.06. The van der Waals surface area contributed by atoms with Gasteiger partial charge in [0.1, 0.15) is 6.04 Å². The second-order valence-electron chi connectivity index (χ2n) is 5.77. The highest BCUT2D eigenvalue weighted by molar-refractivity contribution is 7.92. The van der Waals surface area contributed by atoms with Crippen LogP contribution in [0.15, 0.2) is 48.5 Å². The number of nitrogens with zero attached hydrogens (tertiary/aromatic N) is 1. The van der Waals surface area contributed by atoms with Crippen molar-refractivity contribution in [3.8, 4) is 0 Å². The first-order valence-electron chi connectivity index (χ1n) is 7.85. The average Bonchev–Trinajstić information content (AvgIpc) is 2.53. The molecule has 134 valence electrons. The van der Waals surface area contributed by atoms with Crippen LogP contribution in [-0.2, 0) is 14.8 Å². The standard InChI is InChI=1S/C18H21ClN2O3S/c1-4-17(18(22)20-16-11-6-5-8-13(16)2)21(25(3,23)24)15-10-7-9-14(19)12-15/h5-12,17H,4H2,1-3H3,(H,20,22). The van der Waals surface area contributed by atoms with Crippen LogP contribution in [0.4, 0.5) is 11.4 Å². The smallest absolute Gasteiger partial charge is 0.248 e. The van der Waals surface area contributed by atoms with Crippen LogP contribution in [0.2, 0.25) is 5.02 Å². The lowest BCUT2D eigenvalue weighted by molar-refractivity contribution is -0.117. The quantitative estimate of drug-likeness (QED) is 0.828. The summed E-state index contributed by atoms with van der Waals surface area (Å²) in [6.45, 7) is 3.65. The molecule has 0 aromatic heterocycles. The number of sulfonamides is 1. The van der Waals surface area contributed by atoms with Crippen molar-refractivity contribution in [1.82, 2.24) is 0 Å². The Bertz CT molecular complexity index is 868. The second kappa shape index (κ2) is 7.89. The minimum Gasteiger partial charge on any atom is -0.324 e. The van der Waals surface area contributed by atoms with Crippen molar-refractivity contribution < 1.29 is 13.2 Å². The van der Waals surface area contributed by atoms with Gasteiger partial charge in [0.15, 0.2) is 0 Å². The Hall–Kier alpha value is -2.05. The molecule has 1 unspecified atom stereocenters. The highest BCUT2D eigenvalue weighted by atomic mass is 35.5. The van der Waals surface area contributed by atoms with Gasteiger partial charge >= 0.3 is 0 Å². The minimum atomic E-state index is -3.68. The zero-order valence-corrected chi connectivity index (χ0v) is 15.9. The topological polar surface area (TPSA) is 66.5 Å². The lowest BCUT2D eigenvalue weighted by Gasteiger charge is -2.30. The minimum absolute atomic E-state index is 0.317. The molecule has 5 nitrogen and oxygen atoms in total. The Morgan fingerprint density at radius 3 is 2.44 bits per heavy atom. The highest BCUT2D eigenvalue weighted by Gasteiger charge is 2.31. The number of anilines is 2. The number of para-hydroxylation sites is 1. The summed E-state index contributed by atoms with van der Waals surface area (Å²) in [6, 6.07) is 12.9. The number of benzene rings is 2. The van der Waals surface area contributed by atoms with E-state index in [9.17, 15) is 13.2 Å². The molecule has 1 N–H and O–H groups in total. The van der Waals surface area contributed by atoms with Gasteiger partial charge in [0.2, 0.25) is 15.9 Å². The molecule has 0 bridgehead atoms. The predicted octanol–water partition coefficient (Wildman–Crippen LogP) is 3.83. The molecule has 0 fully saturated rings. The predicted molar refractivity (Wildman–Crippen MR) is 103 cm³/mol. The van der Waals surface area contributed by atoms with E-state index in [1.807, 2.05) is 25.1 Å². The van der Waals surface area contributed by atoms with Gasteiger partial charge in [-0.25, -0.2) is 8.42 Å². The van der Waals surface area contributed by atoms with Gasteiger partial charge in [-0.1, -0.05) is 42.8 Å².